The van der Waals surface area contributed by atoms with Gasteiger partial charge in [-0.05, 0) is 33.2 Å². The van der Waals surface area contributed by atoms with Crippen molar-refractivity contribution in [2.45, 2.75) is 33.2 Å². The average molecular weight is 268 g/mol. The van der Waals surface area contributed by atoms with Crippen LogP contribution in [0.2, 0.25) is 0 Å². The number of ether oxygens (including phenoxy) is 1. The molecule has 4 nitrogen and oxygen atoms in total. The highest BCUT2D eigenvalue weighted by Gasteiger charge is 2.27. The first-order chi connectivity index (χ1) is 8.69. The second kappa shape index (κ2) is 6.29. The molecule has 0 unspecified atom stereocenters. The third-order valence-electron chi connectivity index (χ3n) is 3.15. The van der Waals surface area contributed by atoms with Crippen molar-refractivity contribution in [3.05, 3.63) is 16.1 Å². The van der Waals surface area contributed by atoms with E-state index in [-0.39, 0.29) is 11.9 Å². The van der Waals surface area contributed by atoms with E-state index in [2.05, 4.69) is 15.3 Å². The summed E-state index contributed by atoms with van der Waals surface area (Å²) in [6.07, 6.45) is 2.01. The van der Waals surface area contributed by atoms with Crippen LogP contribution in [-0.4, -0.2) is 35.5 Å². The summed E-state index contributed by atoms with van der Waals surface area (Å²) in [4.78, 5) is 18.5. The summed E-state index contributed by atoms with van der Waals surface area (Å²) in [5.41, 5.74) is 1.08. The van der Waals surface area contributed by atoms with Gasteiger partial charge in [0, 0.05) is 17.6 Å². The fourth-order valence-corrected chi connectivity index (χ4v) is 3.13. The Hall–Kier alpha value is -0.940. The Morgan fingerprint density at radius 1 is 1.67 bits per heavy atom. The summed E-state index contributed by atoms with van der Waals surface area (Å²) in [6, 6.07) is 0. The van der Waals surface area contributed by atoms with E-state index in [0.29, 0.717) is 6.61 Å². The van der Waals surface area contributed by atoms with Crippen molar-refractivity contribution < 1.29 is 9.53 Å². The molecule has 0 bridgehead atoms. The van der Waals surface area contributed by atoms with E-state index in [1.54, 1.807) is 11.3 Å². The van der Waals surface area contributed by atoms with E-state index in [9.17, 15) is 4.79 Å². The Bertz CT molecular complexity index is 405. The number of aryl methyl sites for hydroxylation is 1. The highest BCUT2D eigenvalue weighted by atomic mass is 32.1. The molecule has 1 atom stereocenters. The number of piperidine rings is 1. The first-order valence-corrected chi connectivity index (χ1v) is 7.37. The molecular formula is C13H20N2O2S. The largest absolute Gasteiger partial charge is 0.466 e. The molecule has 1 aromatic heterocycles. The maximum Gasteiger partial charge on any atom is 0.310 e. The van der Waals surface area contributed by atoms with Crippen LogP contribution in [0.1, 0.15) is 30.5 Å². The van der Waals surface area contributed by atoms with Crippen LogP contribution in [0.25, 0.3) is 0 Å². The summed E-state index contributed by atoms with van der Waals surface area (Å²) in [5.74, 6) is -0.00252. The lowest BCUT2D eigenvalue weighted by atomic mass is 9.98. The smallest absolute Gasteiger partial charge is 0.310 e. The Balaban J connectivity index is 1.88. The lowest BCUT2D eigenvalue weighted by Crippen LogP contribution is -2.38. The molecule has 1 aromatic rings. The molecule has 0 aromatic carbocycles. The second-order valence-corrected chi connectivity index (χ2v) is 5.65. The number of hydrogen-bond donors (Lipinski definition) is 0. The summed E-state index contributed by atoms with van der Waals surface area (Å²) in [5, 5.41) is 3.21. The number of esters is 1. The van der Waals surface area contributed by atoms with Gasteiger partial charge in [-0.15, -0.1) is 11.3 Å². The topological polar surface area (TPSA) is 42.4 Å². The molecule has 0 radical (unpaired) electrons. The zero-order chi connectivity index (χ0) is 13.0. The highest BCUT2D eigenvalue weighted by Crippen LogP contribution is 2.21. The number of carbonyl (C=O) groups is 1. The van der Waals surface area contributed by atoms with Crippen LogP contribution in [-0.2, 0) is 16.1 Å². The molecule has 1 fully saturated rings. The van der Waals surface area contributed by atoms with Gasteiger partial charge in [-0.25, -0.2) is 4.98 Å². The molecule has 0 saturated carbocycles. The molecule has 1 saturated heterocycles. The lowest BCUT2D eigenvalue weighted by molar-refractivity contribution is -0.150. The van der Waals surface area contributed by atoms with Gasteiger partial charge >= 0.3 is 5.97 Å². The highest BCUT2D eigenvalue weighted by molar-refractivity contribution is 7.09. The molecule has 0 amide bonds. The molecule has 2 rings (SSSR count). The Morgan fingerprint density at radius 2 is 2.50 bits per heavy atom. The lowest BCUT2D eigenvalue weighted by Gasteiger charge is -2.30. The molecule has 2 heterocycles. The molecule has 18 heavy (non-hydrogen) atoms. The minimum Gasteiger partial charge on any atom is -0.466 e. The number of nitrogens with zero attached hydrogens (tertiary/aromatic N) is 2. The molecule has 0 spiro atoms. The maximum absolute atomic E-state index is 11.7. The van der Waals surface area contributed by atoms with Gasteiger partial charge in [0.15, 0.2) is 0 Å². The van der Waals surface area contributed by atoms with Crippen molar-refractivity contribution in [2.75, 3.05) is 19.7 Å². The van der Waals surface area contributed by atoms with Crippen LogP contribution >= 0.6 is 11.3 Å². The fraction of sp³-hybridized carbons (Fsp3) is 0.692. The van der Waals surface area contributed by atoms with Gasteiger partial charge in [0.25, 0.3) is 0 Å². The fourth-order valence-electron chi connectivity index (χ4n) is 2.32. The normalized spacial score (nSPS) is 20.9. The Morgan fingerprint density at radius 3 is 3.17 bits per heavy atom. The van der Waals surface area contributed by atoms with Gasteiger partial charge in [0.05, 0.1) is 19.1 Å². The van der Waals surface area contributed by atoms with Crippen molar-refractivity contribution in [1.82, 2.24) is 9.88 Å². The standard InChI is InChI=1S/C13H20N2O2S/c1-3-17-13(16)11-5-4-6-15(7-11)8-12-14-10(2)9-18-12/h9,11H,3-8H2,1-2H3/t11-/m0/s1. The molecule has 0 aliphatic carbocycles. The van der Waals surface area contributed by atoms with Crippen molar-refractivity contribution >= 4 is 17.3 Å². The molecule has 0 N–H and O–H groups in total. The molecular weight excluding hydrogens is 248 g/mol. The number of carbonyl (C=O) groups excluding carboxylic acids is 1. The monoisotopic (exact) mass is 268 g/mol. The van der Waals surface area contributed by atoms with Crippen LogP contribution in [0, 0.1) is 12.8 Å². The van der Waals surface area contributed by atoms with Gasteiger partial charge in [0.2, 0.25) is 0 Å². The quantitative estimate of drug-likeness (QED) is 0.785. The van der Waals surface area contributed by atoms with Crippen molar-refractivity contribution in [3.63, 3.8) is 0 Å². The van der Waals surface area contributed by atoms with Gasteiger partial charge < -0.3 is 4.74 Å². The van der Waals surface area contributed by atoms with Crippen molar-refractivity contribution in [3.8, 4) is 0 Å². The summed E-state index contributed by atoms with van der Waals surface area (Å²) >= 11 is 1.69. The summed E-state index contributed by atoms with van der Waals surface area (Å²) in [7, 11) is 0. The zero-order valence-electron chi connectivity index (χ0n) is 11.0. The SMILES string of the molecule is CCOC(=O)[C@H]1CCCN(Cc2nc(C)cs2)C1. The van der Waals surface area contributed by atoms with Gasteiger partial charge in [-0.2, -0.15) is 0 Å². The first-order valence-electron chi connectivity index (χ1n) is 6.49. The van der Waals surface area contributed by atoms with Crippen molar-refractivity contribution in [2.24, 2.45) is 5.92 Å². The average Bonchev–Trinajstić information content (AvgIpc) is 2.75. The van der Waals surface area contributed by atoms with E-state index in [4.69, 9.17) is 4.74 Å². The first kappa shape index (κ1) is 13.5. The summed E-state index contributed by atoms with van der Waals surface area (Å²) in [6.45, 7) is 7.05. The van der Waals surface area contributed by atoms with Crippen LogP contribution in [0.4, 0.5) is 0 Å². The summed E-state index contributed by atoms with van der Waals surface area (Å²) < 4.78 is 5.11. The number of aromatic nitrogens is 1. The predicted octanol–water partition coefficient (Wildman–Crippen LogP) is 2.23. The predicted molar refractivity (Wildman–Crippen MR) is 71.5 cm³/mol. The third kappa shape index (κ3) is 3.53. The van der Waals surface area contributed by atoms with Crippen LogP contribution < -0.4 is 0 Å². The molecule has 100 valence electrons. The number of rotatable bonds is 4. The number of thiazole rings is 1. The van der Waals surface area contributed by atoms with Crippen molar-refractivity contribution in [1.29, 1.82) is 0 Å². The van der Waals surface area contributed by atoms with E-state index in [0.717, 1.165) is 43.2 Å². The second-order valence-electron chi connectivity index (χ2n) is 4.71. The minimum atomic E-state index is -0.0440. The van der Waals surface area contributed by atoms with Crippen LogP contribution in [0.5, 0.6) is 0 Å². The minimum absolute atomic E-state index is 0.0414. The van der Waals surface area contributed by atoms with Crippen LogP contribution in [0.3, 0.4) is 0 Å². The maximum atomic E-state index is 11.7. The molecule has 1 aliphatic heterocycles. The number of likely N-dealkylation sites (tertiary alicyclic amines) is 1. The van der Waals surface area contributed by atoms with Gasteiger partial charge in [0.1, 0.15) is 5.01 Å². The Kier molecular flexibility index (Phi) is 4.72. The molecule has 5 heteroatoms. The number of hydrogen-bond acceptors (Lipinski definition) is 5. The van der Waals surface area contributed by atoms with Gasteiger partial charge in [-0.1, -0.05) is 0 Å². The third-order valence-corrected chi connectivity index (χ3v) is 4.10. The zero-order valence-corrected chi connectivity index (χ0v) is 11.8. The van der Waals surface area contributed by atoms with E-state index < -0.39 is 0 Å². The van der Waals surface area contributed by atoms with Gasteiger partial charge in [-0.3, -0.25) is 9.69 Å². The van der Waals surface area contributed by atoms with E-state index in [1.807, 2.05) is 13.8 Å². The van der Waals surface area contributed by atoms with E-state index >= 15 is 0 Å². The Labute approximate surface area is 112 Å². The molecule has 1 aliphatic rings. The van der Waals surface area contributed by atoms with E-state index in [1.165, 1.54) is 0 Å². The van der Waals surface area contributed by atoms with Crippen LogP contribution in [0.15, 0.2) is 5.38 Å².